The Balaban J connectivity index is 1.97. The van der Waals surface area contributed by atoms with E-state index < -0.39 is 0 Å². The van der Waals surface area contributed by atoms with Crippen molar-refractivity contribution in [2.24, 2.45) is 5.92 Å². The van der Waals surface area contributed by atoms with E-state index in [2.05, 4.69) is 36.6 Å². The summed E-state index contributed by atoms with van der Waals surface area (Å²) in [5.41, 5.74) is 1.21. The smallest absolute Gasteiger partial charge is 0.407 e. The van der Waals surface area contributed by atoms with Crippen LogP contribution in [0.15, 0.2) is 24.3 Å². The summed E-state index contributed by atoms with van der Waals surface area (Å²) in [7, 11) is 1.66. The number of nitrogens with one attached hydrogen (secondary N) is 2. The first kappa shape index (κ1) is 14.7. The number of alkyl carbamates (subject to hydrolysis) is 1. The lowest BCUT2D eigenvalue weighted by Crippen LogP contribution is -2.39. The zero-order chi connectivity index (χ0) is 14.5. The number of methoxy groups -OCH3 is 1. The van der Waals surface area contributed by atoms with Crippen molar-refractivity contribution in [3.63, 3.8) is 0 Å². The zero-order valence-electron chi connectivity index (χ0n) is 12.2. The van der Waals surface area contributed by atoms with Crippen LogP contribution < -0.4 is 15.4 Å². The van der Waals surface area contributed by atoms with Gasteiger partial charge in [0.1, 0.15) is 12.4 Å². The molecule has 0 aliphatic carbocycles. The van der Waals surface area contributed by atoms with Crippen molar-refractivity contribution >= 4 is 6.09 Å². The Labute approximate surface area is 119 Å². The Bertz CT molecular complexity index is 445. The molecule has 110 valence electrons. The van der Waals surface area contributed by atoms with Gasteiger partial charge in [-0.1, -0.05) is 26.0 Å². The predicted octanol–water partition coefficient (Wildman–Crippen LogP) is 2.09. The Morgan fingerprint density at radius 2 is 2.10 bits per heavy atom. The molecular weight excluding hydrogens is 256 g/mol. The lowest BCUT2D eigenvalue weighted by atomic mass is 9.95. The highest BCUT2D eigenvalue weighted by atomic mass is 16.6. The van der Waals surface area contributed by atoms with Crippen molar-refractivity contribution in [1.29, 1.82) is 0 Å². The second-order valence-corrected chi connectivity index (χ2v) is 5.34. The minimum atomic E-state index is -0.331. The molecule has 0 aromatic heterocycles. The first-order chi connectivity index (χ1) is 9.60. The highest BCUT2D eigenvalue weighted by Crippen LogP contribution is 2.23. The lowest BCUT2D eigenvalue weighted by molar-refractivity contribution is 0.176. The van der Waals surface area contributed by atoms with E-state index in [4.69, 9.17) is 9.47 Å². The molecule has 5 nitrogen and oxygen atoms in total. The maximum absolute atomic E-state index is 11.0. The van der Waals surface area contributed by atoms with Crippen LogP contribution in [-0.4, -0.2) is 32.4 Å². The van der Waals surface area contributed by atoms with Gasteiger partial charge in [-0.15, -0.1) is 0 Å². The number of rotatable bonds is 6. The lowest BCUT2D eigenvalue weighted by Gasteiger charge is -2.24. The summed E-state index contributed by atoms with van der Waals surface area (Å²) in [6, 6.07) is 8.35. The normalized spacial score (nSPS) is 19.6. The molecular formula is C15H22N2O3. The summed E-state index contributed by atoms with van der Waals surface area (Å²) in [6.07, 6.45) is -0.331. The van der Waals surface area contributed by atoms with Gasteiger partial charge in [0.15, 0.2) is 0 Å². The van der Waals surface area contributed by atoms with Gasteiger partial charge >= 0.3 is 6.09 Å². The molecule has 2 N–H and O–H groups in total. The molecule has 2 rings (SSSR count). The van der Waals surface area contributed by atoms with Crippen molar-refractivity contribution in [3.05, 3.63) is 29.8 Å². The number of benzene rings is 1. The van der Waals surface area contributed by atoms with Crippen LogP contribution in [0.3, 0.4) is 0 Å². The van der Waals surface area contributed by atoms with E-state index in [1.54, 1.807) is 7.11 Å². The molecule has 1 aliphatic heterocycles. The van der Waals surface area contributed by atoms with Crippen LogP contribution in [0.1, 0.15) is 25.5 Å². The highest BCUT2D eigenvalue weighted by Gasteiger charge is 2.24. The third-order valence-corrected chi connectivity index (χ3v) is 3.46. The summed E-state index contributed by atoms with van der Waals surface area (Å²) >= 11 is 0. The van der Waals surface area contributed by atoms with E-state index in [0.29, 0.717) is 19.1 Å². The first-order valence-electron chi connectivity index (χ1n) is 6.90. The van der Waals surface area contributed by atoms with E-state index >= 15 is 0 Å². The largest absolute Gasteiger partial charge is 0.497 e. The molecule has 0 spiro atoms. The molecule has 0 saturated carbocycles. The van der Waals surface area contributed by atoms with Crippen molar-refractivity contribution in [2.75, 3.05) is 20.3 Å². The Morgan fingerprint density at radius 3 is 2.60 bits per heavy atom. The Hall–Kier alpha value is -1.75. The first-order valence-corrected chi connectivity index (χ1v) is 6.90. The van der Waals surface area contributed by atoms with E-state index in [9.17, 15) is 4.79 Å². The van der Waals surface area contributed by atoms with Crippen LogP contribution in [0.5, 0.6) is 5.75 Å². The molecule has 1 aliphatic rings. The monoisotopic (exact) mass is 278 g/mol. The molecule has 2 atom stereocenters. The summed E-state index contributed by atoms with van der Waals surface area (Å²) in [5.74, 6) is 1.30. The molecule has 1 aromatic carbocycles. The second-order valence-electron chi connectivity index (χ2n) is 5.34. The number of hydrogen-bond donors (Lipinski definition) is 2. The minimum absolute atomic E-state index is 0.0435. The van der Waals surface area contributed by atoms with E-state index in [0.717, 1.165) is 5.75 Å². The number of cyclic esters (lactones) is 1. The average molecular weight is 278 g/mol. The van der Waals surface area contributed by atoms with E-state index in [1.165, 1.54) is 5.56 Å². The standard InChI is InChI=1S/C15H22N2O3/c1-10(2)14(11-4-6-13(19-3)7-5-11)16-8-12-9-20-15(18)17-12/h4-7,10,12,14,16H,8-9H2,1-3H3,(H,17,18)/t12-,14+/m1/s1. The topological polar surface area (TPSA) is 59.6 Å². The van der Waals surface area contributed by atoms with Crippen molar-refractivity contribution in [3.8, 4) is 5.75 Å². The van der Waals surface area contributed by atoms with Crippen molar-refractivity contribution in [1.82, 2.24) is 10.6 Å². The number of hydrogen-bond acceptors (Lipinski definition) is 4. The van der Waals surface area contributed by atoms with Crippen LogP contribution in [0.4, 0.5) is 4.79 Å². The fourth-order valence-corrected chi connectivity index (χ4v) is 2.36. The Kier molecular flexibility index (Phi) is 4.84. The maximum Gasteiger partial charge on any atom is 0.407 e. The summed E-state index contributed by atoms with van der Waals surface area (Å²) in [6.45, 7) is 5.47. The van der Waals surface area contributed by atoms with Crippen LogP contribution >= 0.6 is 0 Å². The van der Waals surface area contributed by atoms with Crippen LogP contribution in [-0.2, 0) is 4.74 Å². The molecule has 0 bridgehead atoms. The average Bonchev–Trinajstić information content (AvgIpc) is 2.85. The maximum atomic E-state index is 11.0. The van der Waals surface area contributed by atoms with Crippen LogP contribution in [0.25, 0.3) is 0 Å². The molecule has 1 fully saturated rings. The SMILES string of the molecule is COc1ccc([C@@H](NC[C@@H]2COC(=O)N2)C(C)C)cc1. The number of carbonyl (C=O) groups is 1. The molecule has 1 aromatic rings. The van der Waals surface area contributed by atoms with Gasteiger partial charge in [0.05, 0.1) is 13.2 Å². The molecule has 20 heavy (non-hydrogen) atoms. The number of amides is 1. The van der Waals surface area contributed by atoms with Gasteiger partial charge < -0.3 is 20.1 Å². The van der Waals surface area contributed by atoms with Gasteiger partial charge in [0.25, 0.3) is 0 Å². The molecule has 1 heterocycles. The third kappa shape index (κ3) is 3.63. The summed E-state index contributed by atoms with van der Waals surface area (Å²) < 4.78 is 10.1. The van der Waals surface area contributed by atoms with E-state index in [-0.39, 0.29) is 18.2 Å². The minimum Gasteiger partial charge on any atom is -0.497 e. The second kappa shape index (κ2) is 6.61. The number of carbonyl (C=O) groups excluding carboxylic acids is 1. The van der Waals surface area contributed by atoms with Gasteiger partial charge in [-0.3, -0.25) is 0 Å². The molecule has 0 radical (unpaired) electrons. The van der Waals surface area contributed by atoms with Gasteiger partial charge in [-0.25, -0.2) is 4.79 Å². The number of ether oxygens (including phenoxy) is 2. The van der Waals surface area contributed by atoms with Gasteiger partial charge in [0, 0.05) is 12.6 Å². The van der Waals surface area contributed by atoms with Crippen LogP contribution in [0, 0.1) is 5.92 Å². The summed E-state index contributed by atoms with van der Waals surface area (Å²) in [5, 5.41) is 6.27. The van der Waals surface area contributed by atoms with Gasteiger partial charge in [-0.05, 0) is 23.6 Å². The molecule has 1 amide bonds. The Morgan fingerprint density at radius 1 is 1.40 bits per heavy atom. The van der Waals surface area contributed by atoms with E-state index in [1.807, 2.05) is 12.1 Å². The van der Waals surface area contributed by atoms with Crippen molar-refractivity contribution in [2.45, 2.75) is 25.9 Å². The predicted molar refractivity (Wildman–Crippen MR) is 76.8 cm³/mol. The fraction of sp³-hybridized carbons (Fsp3) is 0.533. The van der Waals surface area contributed by atoms with Gasteiger partial charge in [-0.2, -0.15) is 0 Å². The molecule has 0 unspecified atom stereocenters. The fourth-order valence-electron chi connectivity index (χ4n) is 2.36. The van der Waals surface area contributed by atoms with Gasteiger partial charge in [0.2, 0.25) is 0 Å². The summed E-state index contributed by atoms with van der Waals surface area (Å²) in [4.78, 5) is 11.0. The van der Waals surface area contributed by atoms with Crippen LogP contribution in [0.2, 0.25) is 0 Å². The highest BCUT2D eigenvalue weighted by molar-refractivity contribution is 5.69. The molecule has 1 saturated heterocycles. The van der Waals surface area contributed by atoms with Crippen molar-refractivity contribution < 1.29 is 14.3 Å². The zero-order valence-corrected chi connectivity index (χ0v) is 12.2. The third-order valence-electron chi connectivity index (χ3n) is 3.46. The molecule has 5 heteroatoms. The quantitative estimate of drug-likeness (QED) is 0.836.